The highest BCUT2D eigenvalue weighted by molar-refractivity contribution is 5.90. The Labute approximate surface area is 178 Å². The van der Waals surface area contributed by atoms with Crippen molar-refractivity contribution in [2.45, 2.75) is 26.5 Å². The van der Waals surface area contributed by atoms with Crippen LogP contribution >= 0.6 is 0 Å². The van der Waals surface area contributed by atoms with E-state index in [2.05, 4.69) is 10.7 Å². The van der Waals surface area contributed by atoms with Gasteiger partial charge in [0.15, 0.2) is 0 Å². The smallest absolute Gasteiger partial charge is 0.414 e. The van der Waals surface area contributed by atoms with Gasteiger partial charge in [0.1, 0.15) is 11.9 Å². The highest BCUT2D eigenvalue weighted by Crippen LogP contribution is 2.29. The van der Waals surface area contributed by atoms with Gasteiger partial charge in [-0.2, -0.15) is 0 Å². The predicted octanol–water partition coefficient (Wildman–Crippen LogP) is 1.68. The summed E-state index contributed by atoms with van der Waals surface area (Å²) < 4.78 is 20.0. The van der Waals surface area contributed by atoms with Gasteiger partial charge >= 0.3 is 6.09 Å². The largest absolute Gasteiger partial charge is 0.442 e. The van der Waals surface area contributed by atoms with Gasteiger partial charge in [0, 0.05) is 26.0 Å². The van der Waals surface area contributed by atoms with Gasteiger partial charge in [-0.25, -0.2) is 25.6 Å². The second-order valence-corrected chi connectivity index (χ2v) is 7.14. The van der Waals surface area contributed by atoms with Crippen molar-refractivity contribution in [1.29, 1.82) is 0 Å². The molecule has 31 heavy (non-hydrogen) atoms. The number of benzene rings is 2. The number of nitrogens with two attached hydrogens (primary N) is 1. The fourth-order valence-corrected chi connectivity index (χ4v) is 3.09. The zero-order chi connectivity index (χ0) is 22.5. The van der Waals surface area contributed by atoms with Crippen LogP contribution in [-0.2, 0) is 20.9 Å². The minimum atomic E-state index is -0.584. The molecule has 0 aromatic heterocycles. The molecule has 0 radical (unpaired) electrons. The molecular formula is C21H24FN5O4. The molecule has 1 atom stereocenters. The van der Waals surface area contributed by atoms with E-state index in [0.717, 1.165) is 10.7 Å². The van der Waals surface area contributed by atoms with Gasteiger partial charge < -0.3 is 10.1 Å². The van der Waals surface area contributed by atoms with E-state index >= 15 is 0 Å². The number of ether oxygens (including phenoxy) is 1. The third kappa shape index (κ3) is 5.56. The van der Waals surface area contributed by atoms with Crippen LogP contribution in [0.1, 0.15) is 19.4 Å². The molecule has 2 aromatic carbocycles. The van der Waals surface area contributed by atoms with E-state index in [1.165, 1.54) is 24.8 Å². The van der Waals surface area contributed by atoms with Gasteiger partial charge in [-0.1, -0.05) is 24.3 Å². The molecule has 1 aliphatic rings. The molecule has 3 amide bonds. The van der Waals surface area contributed by atoms with E-state index in [0.29, 0.717) is 23.4 Å². The molecule has 1 heterocycles. The predicted molar refractivity (Wildman–Crippen MR) is 112 cm³/mol. The van der Waals surface area contributed by atoms with Gasteiger partial charge in [0.2, 0.25) is 11.8 Å². The number of amides is 3. The fraction of sp³-hybridized carbons (Fsp3) is 0.286. The summed E-state index contributed by atoms with van der Waals surface area (Å²) in [7, 11) is 0. The first-order chi connectivity index (χ1) is 14.7. The minimum Gasteiger partial charge on any atom is -0.442 e. The molecule has 10 heteroatoms. The summed E-state index contributed by atoms with van der Waals surface area (Å²) in [5, 5.41) is 3.50. The van der Waals surface area contributed by atoms with Crippen LogP contribution in [0.4, 0.5) is 14.9 Å². The van der Waals surface area contributed by atoms with Gasteiger partial charge in [0.25, 0.3) is 0 Å². The highest BCUT2D eigenvalue weighted by atomic mass is 19.1. The summed E-state index contributed by atoms with van der Waals surface area (Å²) in [4.78, 5) is 35.6. The number of halogens is 1. The maximum absolute atomic E-state index is 14.8. The summed E-state index contributed by atoms with van der Waals surface area (Å²) in [6, 6.07) is 11.7. The van der Waals surface area contributed by atoms with Gasteiger partial charge in [-0.15, -0.1) is 0 Å². The van der Waals surface area contributed by atoms with Crippen molar-refractivity contribution in [3.63, 3.8) is 0 Å². The van der Waals surface area contributed by atoms with Crippen molar-refractivity contribution < 1.29 is 23.5 Å². The van der Waals surface area contributed by atoms with Crippen molar-refractivity contribution in [3.05, 3.63) is 53.8 Å². The molecule has 0 bridgehead atoms. The lowest BCUT2D eigenvalue weighted by molar-refractivity contribution is -0.132. The first kappa shape index (κ1) is 22.2. The van der Waals surface area contributed by atoms with Crippen LogP contribution < -0.4 is 21.5 Å². The quantitative estimate of drug-likeness (QED) is 0.350. The average molecular weight is 429 g/mol. The van der Waals surface area contributed by atoms with Crippen molar-refractivity contribution in [3.8, 4) is 11.1 Å². The SMILES string of the molecule is CC(=O)NC[C@H]1CN(c2ccc(-c3ccc(CNN(N)C(C)=O)cc3)c(F)c2)C(=O)O1. The van der Waals surface area contributed by atoms with E-state index in [1.54, 1.807) is 36.4 Å². The lowest BCUT2D eigenvalue weighted by atomic mass is 10.0. The number of hydrazine groups is 2. The number of nitrogens with zero attached hydrogens (tertiary/aromatic N) is 2. The maximum Gasteiger partial charge on any atom is 0.414 e. The van der Waals surface area contributed by atoms with E-state index in [4.69, 9.17) is 10.6 Å². The van der Waals surface area contributed by atoms with Gasteiger partial charge in [0.05, 0.1) is 18.8 Å². The number of carbonyl (C=O) groups excluding carboxylic acids is 3. The Balaban J connectivity index is 1.67. The number of nitrogens with one attached hydrogen (secondary N) is 2. The number of carbonyl (C=O) groups is 3. The summed E-state index contributed by atoms with van der Waals surface area (Å²) in [6.45, 7) is 3.48. The van der Waals surface area contributed by atoms with Crippen LogP contribution in [0.25, 0.3) is 11.1 Å². The van der Waals surface area contributed by atoms with Crippen LogP contribution in [0.15, 0.2) is 42.5 Å². The molecule has 4 N–H and O–H groups in total. The van der Waals surface area contributed by atoms with E-state index < -0.39 is 18.0 Å². The summed E-state index contributed by atoms with van der Waals surface area (Å²) in [5.41, 5.74) is 5.04. The van der Waals surface area contributed by atoms with Crippen LogP contribution in [0.2, 0.25) is 0 Å². The van der Waals surface area contributed by atoms with Crippen LogP contribution in [0.5, 0.6) is 0 Å². The van der Waals surface area contributed by atoms with Crippen molar-refractivity contribution in [1.82, 2.24) is 15.9 Å². The maximum atomic E-state index is 14.8. The van der Waals surface area contributed by atoms with Crippen LogP contribution in [-0.4, -0.2) is 42.2 Å². The van der Waals surface area contributed by atoms with E-state index in [1.807, 2.05) is 0 Å². The standard InChI is InChI=1S/C21H24FN5O4/c1-13(28)24-11-18-12-26(21(30)31-18)17-7-8-19(20(22)9-17)16-5-3-15(4-6-16)10-25-27(23)14(2)29/h3-9,18,25H,10-12,23H2,1-2H3,(H,24,28)/t18-/m0/s1. The molecule has 3 rings (SSSR count). The second kappa shape index (κ2) is 9.54. The lowest BCUT2D eigenvalue weighted by Crippen LogP contribution is -2.46. The molecule has 9 nitrogen and oxygen atoms in total. The summed E-state index contributed by atoms with van der Waals surface area (Å²) in [5.74, 6) is 4.47. The molecule has 2 aromatic rings. The second-order valence-electron chi connectivity index (χ2n) is 7.14. The number of hydrogen-bond donors (Lipinski definition) is 3. The Morgan fingerprint density at radius 2 is 1.94 bits per heavy atom. The van der Waals surface area contributed by atoms with Gasteiger partial charge in [-0.05, 0) is 29.3 Å². The third-order valence-electron chi connectivity index (χ3n) is 4.77. The van der Waals surface area contributed by atoms with Crippen molar-refractivity contribution in [2.75, 3.05) is 18.0 Å². The first-order valence-electron chi connectivity index (χ1n) is 9.65. The van der Waals surface area contributed by atoms with Crippen molar-refractivity contribution in [2.24, 2.45) is 5.84 Å². The Bertz CT molecular complexity index is 982. The monoisotopic (exact) mass is 429 g/mol. The zero-order valence-electron chi connectivity index (χ0n) is 17.2. The van der Waals surface area contributed by atoms with Gasteiger partial charge in [-0.3, -0.25) is 14.5 Å². The fourth-order valence-electron chi connectivity index (χ4n) is 3.09. The number of hydrogen-bond acceptors (Lipinski definition) is 6. The zero-order valence-corrected chi connectivity index (χ0v) is 17.2. The average Bonchev–Trinajstić information content (AvgIpc) is 3.11. The Morgan fingerprint density at radius 1 is 1.23 bits per heavy atom. The van der Waals surface area contributed by atoms with Crippen LogP contribution in [0, 0.1) is 5.82 Å². The summed E-state index contributed by atoms with van der Waals surface area (Å²) in [6.07, 6.45) is -1.08. The molecule has 164 valence electrons. The number of rotatable bonds is 7. The topological polar surface area (TPSA) is 117 Å². The molecular weight excluding hydrogens is 405 g/mol. The molecule has 1 aliphatic heterocycles. The molecule has 1 fully saturated rings. The van der Waals surface area contributed by atoms with Crippen LogP contribution in [0.3, 0.4) is 0 Å². The highest BCUT2D eigenvalue weighted by Gasteiger charge is 2.32. The first-order valence-corrected chi connectivity index (χ1v) is 9.65. The minimum absolute atomic E-state index is 0.202. The molecule has 0 aliphatic carbocycles. The third-order valence-corrected chi connectivity index (χ3v) is 4.77. The van der Waals surface area contributed by atoms with Crippen molar-refractivity contribution >= 4 is 23.6 Å². The summed E-state index contributed by atoms with van der Waals surface area (Å²) >= 11 is 0. The number of cyclic esters (lactones) is 1. The Hall–Kier alpha value is -3.50. The normalized spacial score (nSPS) is 15.5. The lowest BCUT2D eigenvalue weighted by Gasteiger charge is -2.16. The van der Waals surface area contributed by atoms with E-state index in [-0.39, 0.29) is 24.9 Å². The van der Waals surface area contributed by atoms with E-state index in [9.17, 15) is 18.8 Å². The number of anilines is 1. The molecule has 0 unspecified atom stereocenters. The Morgan fingerprint density at radius 3 is 2.55 bits per heavy atom. The molecule has 0 saturated carbocycles. The molecule has 1 saturated heterocycles. The molecule has 0 spiro atoms. The Kier molecular flexibility index (Phi) is 6.83.